The molecule has 0 atom stereocenters. The average Bonchev–Trinajstić information content (AvgIpc) is 3.34. The third kappa shape index (κ3) is 65.5. The molecule has 0 aromatic carbocycles. The first-order chi connectivity index (χ1) is 33.4. The zero-order chi connectivity index (χ0) is 48.0. The molecule has 404 valence electrons. The van der Waals surface area contributed by atoms with Crippen LogP contribution in [0.5, 0.6) is 0 Å². The molecule has 12 heteroatoms. The monoisotopic (exact) mass is 965 g/mol. The predicted octanol–water partition coefficient (Wildman–Crippen LogP) is 12.5. The molecule has 67 heavy (non-hydrogen) atoms. The molecule has 0 aromatic rings. The SMILES string of the molecule is CCCCCCCCCCCCCCCCCCOCCOCCOCCOCCOCCOCCOCCOCCOCCOCCOCCOCCCCCCCCCCCCCCC. The van der Waals surface area contributed by atoms with Crippen molar-refractivity contribution in [1.29, 1.82) is 0 Å². The zero-order valence-electron chi connectivity index (χ0n) is 44.4. The van der Waals surface area contributed by atoms with E-state index in [0.717, 1.165) is 26.1 Å². The van der Waals surface area contributed by atoms with E-state index in [1.807, 2.05) is 0 Å². The lowest BCUT2D eigenvalue weighted by atomic mass is 10.0. The van der Waals surface area contributed by atoms with E-state index in [1.165, 1.54) is 173 Å². The van der Waals surface area contributed by atoms with Gasteiger partial charge in [0.05, 0.1) is 145 Å². The first-order valence-electron chi connectivity index (χ1n) is 28.3. The van der Waals surface area contributed by atoms with Gasteiger partial charge >= 0.3 is 0 Å². The molecule has 0 amide bonds. The fourth-order valence-electron chi connectivity index (χ4n) is 7.50. The van der Waals surface area contributed by atoms with Crippen molar-refractivity contribution in [1.82, 2.24) is 0 Å². The van der Waals surface area contributed by atoms with Crippen LogP contribution < -0.4 is 0 Å². The van der Waals surface area contributed by atoms with Crippen molar-refractivity contribution in [3.8, 4) is 0 Å². The number of ether oxygens (including phenoxy) is 12. The summed E-state index contributed by atoms with van der Waals surface area (Å²) in [5.74, 6) is 0. The van der Waals surface area contributed by atoms with Crippen molar-refractivity contribution in [2.24, 2.45) is 0 Å². The first kappa shape index (κ1) is 66.5. The van der Waals surface area contributed by atoms with Gasteiger partial charge in [0.15, 0.2) is 0 Å². The Morgan fingerprint density at radius 1 is 0.119 bits per heavy atom. The molecule has 0 heterocycles. The van der Waals surface area contributed by atoms with E-state index in [9.17, 15) is 0 Å². The molecular formula is C55H112O12. The van der Waals surface area contributed by atoms with E-state index in [2.05, 4.69) is 13.8 Å². The molecule has 0 aliphatic heterocycles. The van der Waals surface area contributed by atoms with Crippen LogP contribution in [0.2, 0.25) is 0 Å². The van der Waals surface area contributed by atoms with E-state index in [4.69, 9.17) is 56.8 Å². The standard InChI is InChI=1S/C55H112O12/c1-3-5-7-9-11-13-15-17-18-19-21-23-25-27-29-31-33-57-35-37-59-39-41-61-43-45-63-47-49-65-51-53-67-55-54-66-52-50-64-48-46-62-44-42-60-40-38-58-36-34-56-32-30-28-26-24-22-20-16-14-12-10-8-6-4-2/h3-55H2,1-2H3. The van der Waals surface area contributed by atoms with Gasteiger partial charge in [0.2, 0.25) is 0 Å². The summed E-state index contributed by atoms with van der Waals surface area (Å²) in [6.07, 6.45) is 40.0. The van der Waals surface area contributed by atoms with Gasteiger partial charge in [0.1, 0.15) is 0 Å². The summed E-state index contributed by atoms with van der Waals surface area (Å²) in [4.78, 5) is 0. The highest BCUT2D eigenvalue weighted by molar-refractivity contribution is 4.52. The fourth-order valence-corrected chi connectivity index (χ4v) is 7.50. The third-order valence-electron chi connectivity index (χ3n) is 11.6. The molecule has 0 saturated carbocycles. The largest absolute Gasteiger partial charge is 0.379 e. The Hall–Kier alpha value is -0.480. The molecule has 0 aliphatic carbocycles. The van der Waals surface area contributed by atoms with Crippen molar-refractivity contribution >= 4 is 0 Å². The second-order valence-electron chi connectivity index (χ2n) is 17.9. The third-order valence-corrected chi connectivity index (χ3v) is 11.6. The highest BCUT2D eigenvalue weighted by Gasteiger charge is 2.00. The van der Waals surface area contributed by atoms with Crippen LogP contribution in [0, 0.1) is 0 Å². The van der Waals surface area contributed by atoms with Gasteiger partial charge in [-0.1, -0.05) is 187 Å². The zero-order valence-corrected chi connectivity index (χ0v) is 44.4. The van der Waals surface area contributed by atoms with Crippen LogP contribution in [0.25, 0.3) is 0 Å². The van der Waals surface area contributed by atoms with Gasteiger partial charge in [-0.25, -0.2) is 0 Å². The number of rotatable bonds is 64. The molecule has 0 aromatic heterocycles. The van der Waals surface area contributed by atoms with Crippen LogP contribution in [0.15, 0.2) is 0 Å². The molecule has 0 rings (SSSR count). The van der Waals surface area contributed by atoms with E-state index in [1.54, 1.807) is 0 Å². The molecule has 0 spiro atoms. The minimum absolute atomic E-state index is 0.523. The molecule has 0 saturated heterocycles. The van der Waals surface area contributed by atoms with Gasteiger partial charge in [-0.05, 0) is 12.8 Å². The first-order valence-corrected chi connectivity index (χ1v) is 28.3. The lowest BCUT2D eigenvalue weighted by molar-refractivity contribution is -0.0284. The highest BCUT2D eigenvalue weighted by Crippen LogP contribution is 2.15. The normalized spacial score (nSPS) is 11.7. The maximum absolute atomic E-state index is 5.71. The van der Waals surface area contributed by atoms with Gasteiger partial charge in [0.25, 0.3) is 0 Å². The second kappa shape index (κ2) is 65.5. The van der Waals surface area contributed by atoms with Crippen LogP contribution in [-0.2, 0) is 56.8 Å². The van der Waals surface area contributed by atoms with Gasteiger partial charge < -0.3 is 56.8 Å². The van der Waals surface area contributed by atoms with Crippen LogP contribution >= 0.6 is 0 Å². The summed E-state index contributed by atoms with van der Waals surface area (Å²) in [5, 5.41) is 0. The van der Waals surface area contributed by atoms with Gasteiger partial charge in [-0.3, -0.25) is 0 Å². The number of hydrogen-bond acceptors (Lipinski definition) is 12. The second-order valence-corrected chi connectivity index (χ2v) is 17.9. The quantitative estimate of drug-likeness (QED) is 0.0541. The van der Waals surface area contributed by atoms with Crippen molar-refractivity contribution < 1.29 is 56.8 Å². The summed E-state index contributed by atoms with van der Waals surface area (Å²) in [6, 6.07) is 0. The number of unbranched alkanes of at least 4 members (excludes halogenated alkanes) is 27. The molecule has 0 aliphatic rings. The Morgan fingerprint density at radius 2 is 0.224 bits per heavy atom. The van der Waals surface area contributed by atoms with Crippen LogP contribution in [0.4, 0.5) is 0 Å². The Kier molecular flexibility index (Phi) is 65.1. The van der Waals surface area contributed by atoms with Crippen molar-refractivity contribution in [3.63, 3.8) is 0 Å². The van der Waals surface area contributed by atoms with Gasteiger partial charge in [0, 0.05) is 13.2 Å². The van der Waals surface area contributed by atoms with Gasteiger partial charge in [-0.15, -0.1) is 0 Å². The maximum Gasteiger partial charge on any atom is 0.0701 e. The number of hydrogen-bond donors (Lipinski definition) is 0. The van der Waals surface area contributed by atoms with Crippen LogP contribution in [0.1, 0.15) is 200 Å². The van der Waals surface area contributed by atoms with E-state index >= 15 is 0 Å². The Morgan fingerprint density at radius 3 is 0.358 bits per heavy atom. The lowest BCUT2D eigenvalue weighted by Gasteiger charge is -2.09. The summed E-state index contributed by atoms with van der Waals surface area (Å²) >= 11 is 0. The molecule has 0 radical (unpaired) electrons. The van der Waals surface area contributed by atoms with Crippen LogP contribution in [0.3, 0.4) is 0 Å². The molecular weight excluding hydrogens is 853 g/mol. The van der Waals surface area contributed by atoms with Gasteiger partial charge in [-0.2, -0.15) is 0 Å². The minimum Gasteiger partial charge on any atom is -0.379 e. The summed E-state index contributed by atoms with van der Waals surface area (Å²) in [6.45, 7) is 18.5. The molecule has 0 bridgehead atoms. The lowest BCUT2D eigenvalue weighted by Crippen LogP contribution is -2.15. The smallest absolute Gasteiger partial charge is 0.0701 e. The Bertz CT molecular complexity index is 764. The van der Waals surface area contributed by atoms with E-state index in [-0.39, 0.29) is 0 Å². The Labute approximate surface area is 414 Å². The summed E-state index contributed by atoms with van der Waals surface area (Å²) in [5.41, 5.74) is 0. The van der Waals surface area contributed by atoms with Crippen molar-refractivity contribution in [3.05, 3.63) is 0 Å². The summed E-state index contributed by atoms with van der Waals surface area (Å²) < 4.78 is 67.0. The highest BCUT2D eigenvalue weighted by atomic mass is 16.6. The molecule has 0 N–H and O–H groups in total. The van der Waals surface area contributed by atoms with E-state index in [0.29, 0.717) is 145 Å². The molecule has 0 fully saturated rings. The minimum atomic E-state index is 0.523. The molecule has 12 nitrogen and oxygen atoms in total. The van der Waals surface area contributed by atoms with E-state index < -0.39 is 0 Å². The fraction of sp³-hybridized carbons (Fsp3) is 1.00. The van der Waals surface area contributed by atoms with Crippen LogP contribution in [-0.4, -0.2) is 159 Å². The Balaban J connectivity index is 3.07. The van der Waals surface area contributed by atoms with Crippen molar-refractivity contribution in [2.75, 3.05) is 159 Å². The maximum atomic E-state index is 5.71. The topological polar surface area (TPSA) is 111 Å². The average molecular weight is 965 g/mol. The van der Waals surface area contributed by atoms with Crippen molar-refractivity contribution in [2.45, 2.75) is 200 Å². The summed E-state index contributed by atoms with van der Waals surface area (Å²) in [7, 11) is 0. The predicted molar refractivity (Wildman–Crippen MR) is 275 cm³/mol. The molecule has 0 unspecified atom stereocenters.